The maximum atomic E-state index is 14.4. The van der Waals surface area contributed by atoms with Gasteiger partial charge in [-0.2, -0.15) is 4.39 Å². The van der Waals surface area contributed by atoms with Gasteiger partial charge in [-0.15, -0.1) is 0 Å². The number of ether oxygens (including phenoxy) is 1. The molecule has 0 atom stereocenters. The summed E-state index contributed by atoms with van der Waals surface area (Å²) >= 11 is 0. The summed E-state index contributed by atoms with van der Waals surface area (Å²) in [4.78, 5) is 12.3. The van der Waals surface area contributed by atoms with Gasteiger partial charge in [-0.25, -0.2) is 13.6 Å². The Bertz CT molecular complexity index is 833. The fourth-order valence-electron chi connectivity index (χ4n) is 3.38. The van der Waals surface area contributed by atoms with Crippen molar-refractivity contribution in [2.45, 2.75) is 78.1 Å². The Morgan fingerprint density at radius 1 is 0.800 bits per heavy atom. The number of carbonyl (C=O) groups is 1. The molecule has 30 heavy (non-hydrogen) atoms. The molecule has 0 aromatic heterocycles. The summed E-state index contributed by atoms with van der Waals surface area (Å²) in [6.07, 6.45) is 9.35. The molecule has 0 spiro atoms. The highest BCUT2D eigenvalue weighted by Crippen LogP contribution is 2.25. The SMILES string of the molecule is CCCCCCCc1ccc(C(=O)Oc2ccc(CCCCC)c(F)c2F)c(F)c1. The molecule has 2 rings (SSSR count). The molecule has 164 valence electrons. The van der Waals surface area contributed by atoms with Crippen LogP contribution in [-0.2, 0) is 12.8 Å². The summed E-state index contributed by atoms with van der Waals surface area (Å²) in [7, 11) is 0. The third-order valence-corrected chi connectivity index (χ3v) is 5.20. The molecule has 0 amide bonds. The van der Waals surface area contributed by atoms with E-state index >= 15 is 0 Å². The van der Waals surface area contributed by atoms with Crippen LogP contribution in [0, 0.1) is 17.5 Å². The predicted octanol–water partition coefficient (Wildman–Crippen LogP) is 7.57. The summed E-state index contributed by atoms with van der Waals surface area (Å²) in [6.45, 7) is 4.17. The number of aryl methyl sites for hydroxylation is 2. The van der Waals surface area contributed by atoms with Gasteiger partial charge in [-0.05, 0) is 55.0 Å². The van der Waals surface area contributed by atoms with Crippen molar-refractivity contribution < 1.29 is 22.7 Å². The van der Waals surface area contributed by atoms with Crippen LogP contribution in [0.4, 0.5) is 13.2 Å². The first kappa shape index (κ1) is 24.0. The minimum absolute atomic E-state index is 0.246. The summed E-state index contributed by atoms with van der Waals surface area (Å²) in [5.41, 5.74) is 0.751. The quantitative estimate of drug-likeness (QED) is 0.201. The topological polar surface area (TPSA) is 26.3 Å². The van der Waals surface area contributed by atoms with Crippen molar-refractivity contribution in [2.24, 2.45) is 0 Å². The highest BCUT2D eigenvalue weighted by molar-refractivity contribution is 5.91. The van der Waals surface area contributed by atoms with Gasteiger partial charge >= 0.3 is 5.97 Å². The number of halogens is 3. The number of rotatable bonds is 12. The zero-order chi connectivity index (χ0) is 21.9. The van der Waals surface area contributed by atoms with Crippen LogP contribution in [0.15, 0.2) is 30.3 Å². The van der Waals surface area contributed by atoms with Crippen LogP contribution in [0.25, 0.3) is 0 Å². The molecule has 0 aliphatic rings. The summed E-state index contributed by atoms with van der Waals surface area (Å²) < 4.78 is 47.9. The summed E-state index contributed by atoms with van der Waals surface area (Å²) in [6, 6.07) is 6.96. The van der Waals surface area contributed by atoms with Crippen LogP contribution in [-0.4, -0.2) is 5.97 Å². The van der Waals surface area contributed by atoms with Crippen molar-refractivity contribution in [3.05, 3.63) is 64.5 Å². The van der Waals surface area contributed by atoms with E-state index in [0.717, 1.165) is 56.9 Å². The van der Waals surface area contributed by atoms with Gasteiger partial charge in [0.05, 0.1) is 5.56 Å². The van der Waals surface area contributed by atoms with E-state index in [1.165, 1.54) is 30.7 Å². The van der Waals surface area contributed by atoms with Crippen LogP contribution >= 0.6 is 0 Å². The molecule has 0 bridgehead atoms. The minimum atomic E-state index is -1.22. The van der Waals surface area contributed by atoms with Crippen LogP contribution in [0.2, 0.25) is 0 Å². The first-order valence-electron chi connectivity index (χ1n) is 10.9. The molecule has 0 aliphatic carbocycles. The molecule has 0 radical (unpaired) electrons. The smallest absolute Gasteiger partial charge is 0.346 e. The molecule has 2 aromatic rings. The van der Waals surface area contributed by atoms with Crippen molar-refractivity contribution in [2.75, 3.05) is 0 Å². The molecular weight excluding hydrogens is 389 g/mol. The normalized spacial score (nSPS) is 11.0. The van der Waals surface area contributed by atoms with Crippen LogP contribution in [0.3, 0.4) is 0 Å². The Morgan fingerprint density at radius 2 is 1.47 bits per heavy atom. The third kappa shape index (κ3) is 6.89. The first-order chi connectivity index (χ1) is 14.5. The van der Waals surface area contributed by atoms with Gasteiger partial charge in [0.15, 0.2) is 11.6 Å². The first-order valence-corrected chi connectivity index (χ1v) is 10.9. The molecule has 2 nitrogen and oxygen atoms in total. The van der Waals surface area contributed by atoms with Crippen molar-refractivity contribution >= 4 is 5.97 Å². The van der Waals surface area contributed by atoms with E-state index in [1.807, 2.05) is 6.92 Å². The van der Waals surface area contributed by atoms with E-state index < -0.39 is 29.2 Å². The van der Waals surface area contributed by atoms with Crippen molar-refractivity contribution in [3.8, 4) is 5.75 Å². The summed E-state index contributed by atoms with van der Waals surface area (Å²) in [5.74, 6) is -4.53. The molecule has 0 aliphatic heterocycles. The Morgan fingerprint density at radius 3 is 2.17 bits per heavy atom. The van der Waals surface area contributed by atoms with E-state index in [9.17, 15) is 18.0 Å². The molecular formula is C25H31F3O2. The summed E-state index contributed by atoms with van der Waals surface area (Å²) in [5, 5.41) is 0. The van der Waals surface area contributed by atoms with E-state index in [1.54, 1.807) is 6.07 Å². The number of benzene rings is 2. The third-order valence-electron chi connectivity index (χ3n) is 5.20. The van der Waals surface area contributed by atoms with Gasteiger partial charge in [0, 0.05) is 0 Å². The fourth-order valence-corrected chi connectivity index (χ4v) is 3.38. The van der Waals surface area contributed by atoms with Crippen molar-refractivity contribution in [3.63, 3.8) is 0 Å². The van der Waals surface area contributed by atoms with E-state index in [0.29, 0.717) is 6.42 Å². The van der Waals surface area contributed by atoms with Crippen LogP contribution in [0.1, 0.15) is 86.7 Å². The lowest BCUT2D eigenvalue weighted by Gasteiger charge is -2.10. The molecule has 0 saturated heterocycles. The van der Waals surface area contributed by atoms with Crippen LogP contribution < -0.4 is 4.74 Å². The van der Waals surface area contributed by atoms with Crippen molar-refractivity contribution in [1.82, 2.24) is 0 Å². The van der Waals surface area contributed by atoms with Gasteiger partial charge < -0.3 is 4.74 Å². The standard InChI is InChI=1S/C25H31F3O2/c1-3-5-7-8-10-11-18-13-15-20(21(26)17-18)25(29)30-22-16-14-19(12-9-6-4-2)23(27)24(22)28/h13-17H,3-12H2,1-2H3. The zero-order valence-corrected chi connectivity index (χ0v) is 17.9. The van der Waals surface area contributed by atoms with E-state index in [-0.39, 0.29) is 11.1 Å². The number of hydrogen-bond acceptors (Lipinski definition) is 2. The van der Waals surface area contributed by atoms with Gasteiger partial charge in [-0.3, -0.25) is 0 Å². The second-order valence-corrected chi connectivity index (χ2v) is 7.68. The Labute approximate surface area is 177 Å². The van der Waals surface area contributed by atoms with Gasteiger partial charge in [0.2, 0.25) is 5.82 Å². The maximum Gasteiger partial charge on any atom is 0.346 e. The Hall–Kier alpha value is -2.30. The second-order valence-electron chi connectivity index (χ2n) is 7.68. The molecule has 0 unspecified atom stereocenters. The lowest BCUT2D eigenvalue weighted by molar-refractivity contribution is 0.0721. The van der Waals surface area contributed by atoms with Gasteiger partial charge in [-0.1, -0.05) is 64.5 Å². The monoisotopic (exact) mass is 420 g/mol. The Kier molecular flexibility index (Phi) is 9.92. The highest BCUT2D eigenvalue weighted by atomic mass is 19.2. The zero-order valence-electron chi connectivity index (χ0n) is 17.9. The number of unbranched alkanes of at least 4 members (excludes halogenated alkanes) is 6. The maximum absolute atomic E-state index is 14.4. The van der Waals surface area contributed by atoms with Gasteiger partial charge in [0.25, 0.3) is 0 Å². The average Bonchev–Trinajstić information content (AvgIpc) is 2.73. The molecule has 0 N–H and O–H groups in total. The molecule has 0 fully saturated rings. The fraction of sp³-hybridized carbons (Fsp3) is 0.480. The minimum Gasteiger partial charge on any atom is -0.420 e. The number of carbonyl (C=O) groups excluding carboxylic acids is 1. The number of esters is 1. The molecule has 5 heteroatoms. The second kappa shape index (κ2) is 12.4. The highest BCUT2D eigenvalue weighted by Gasteiger charge is 2.20. The molecule has 0 heterocycles. The largest absolute Gasteiger partial charge is 0.420 e. The van der Waals surface area contributed by atoms with E-state index in [4.69, 9.17) is 4.74 Å². The van der Waals surface area contributed by atoms with Crippen molar-refractivity contribution in [1.29, 1.82) is 0 Å². The molecule has 2 aromatic carbocycles. The number of hydrogen-bond donors (Lipinski definition) is 0. The predicted molar refractivity (Wildman–Crippen MR) is 113 cm³/mol. The lowest BCUT2D eigenvalue weighted by Crippen LogP contribution is -2.13. The van der Waals surface area contributed by atoms with E-state index in [2.05, 4.69) is 6.92 Å². The average molecular weight is 421 g/mol. The van der Waals surface area contributed by atoms with Gasteiger partial charge in [0.1, 0.15) is 5.82 Å². The van der Waals surface area contributed by atoms with Crippen LogP contribution in [0.5, 0.6) is 5.75 Å². The lowest BCUT2D eigenvalue weighted by atomic mass is 10.0. The molecule has 0 saturated carbocycles. The Balaban J connectivity index is 2.01.